The van der Waals surface area contributed by atoms with Crippen molar-refractivity contribution in [1.29, 1.82) is 0 Å². The Morgan fingerprint density at radius 1 is 1.11 bits per heavy atom. The minimum atomic E-state index is -0.346. The molecule has 0 saturated carbocycles. The summed E-state index contributed by atoms with van der Waals surface area (Å²) in [6, 6.07) is 15.3. The Morgan fingerprint density at radius 2 is 1.89 bits per heavy atom. The Kier molecular flexibility index (Phi) is 7.72. The van der Waals surface area contributed by atoms with E-state index in [1.807, 2.05) is 42.6 Å². The first kappa shape index (κ1) is 20.8. The molecule has 6 nitrogen and oxygen atoms in total. The molecule has 3 aromatic rings. The standard InChI is InChI=1S/C19H19N3O3S.ClH/c1-25-17-6-2-4-15(10-17)12-21(13-16-5-3-9-20-11-16)14-18-7-8-19(26-18)22(23)24;/h2-11H,12-14H2,1H3;1H. The van der Waals surface area contributed by atoms with Gasteiger partial charge in [0.05, 0.1) is 12.0 Å². The predicted molar refractivity (Wildman–Crippen MR) is 108 cm³/mol. The van der Waals surface area contributed by atoms with Crippen LogP contribution < -0.4 is 4.74 Å². The number of hydrogen-bond acceptors (Lipinski definition) is 6. The highest BCUT2D eigenvalue weighted by Crippen LogP contribution is 2.26. The van der Waals surface area contributed by atoms with Crippen LogP contribution >= 0.6 is 23.7 Å². The van der Waals surface area contributed by atoms with Gasteiger partial charge in [-0.25, -0.2) is 0 Å². The van der Waals surface area contributed by atoms with Gasteiger partial charge in [-0.3, -0.25) is 20.0 Å². The smallest absolute Gasteiger partial charge is 0.324 e. The van der Waals surface area contributed by atoms with Gasteiger partial charge in [0.25, 0.3) is 0 Å². The van der Waals surface area contributed by atoms with Crippen molar-refractivity contribution >= 4 is 28.7 Å². The lowest BCUT2D eigenvalue weighted by Gasteiger charge is -2.22. The molecule has 0 radical (unpaired) electrons. The van der Waals surface area contributed by atoms with Crippen LogP contribution in [-0.4, -0.2) is 21.9 Å². The third-order valence-corrected chi connectivity index (χ3v) is 4.90. The summed E-state index contributed by atoms with van der Waals surface area (Å²) >= 11 is 1.22. The summed E-state index contributed by atoms with van der Waals surface area (Å²) in [4.78, 5) is 18.0. The van der Waals surface area contributed by atoms with Crippen LogP contribution in [0, 0.1) is 10.1 Å². The van der Waals surface area contributed by atoms with Gasteiger partial charge in [-0.15, -0.1) is 12.4 Å². The zero-order valence-electron chi connectivity index (χ0n) is 14.8. The van der Waals surface area contributed by atoms with E-state index in [0.717, 1.165) is 21.8 Å². The van der Waals surface area contributed by atoms with E-state index in [0.29, 0.717) is 19.6 Å². The van der Waals surface area contributed by atoms with E-state index >= 15 is 0 Å². The zero-order chi connectivity index (χ0) is 18.4. The van der Waals surface area contributed by atoms with E-state index in [1.165, 1.54) is 11.3 Å². The number of hydrogen-bond donors (Lipinski definition) is 0. The van der Waals surface area contributed by atoms with E-state index in [-0.39, 0.29) is 22.3 Å². The van der Waals surface area contributed by atoms with Gasteiger partial charge < -0.3 is 4.74 Å². The zero-order valence-corrected chi connectivity index (χ0v) is 16.4. The summed E-state index contributed by atoms with van der Waals surface area (Å²) in [6.45, 7) is 2.04. The van der Waals surface area contributed by atoms with Crippen LogP contribution in [0.3, 0.4) is 0 Å². The molecular weight excluding hydrogens is 386 g/mol. The van der Waals surface area contributed by atoms with Crippen LogP contribution in [-0.2, 0) is 19.6 Å². The van der Waals surface area contributed by atoms with Crippen LogP contribution in [0.5, 0.6) is 5.75 Å². The summed E-state index contributed by atoms with van der Waals surface area (Å²) in [5, 5.41) is 11.1. The van der Waals surface area contributed by atoms with E-state index in [2.05, 4.69) is 16.0 Å². The van der Waals surface area contributed by atoms with Crippen molar-refractivity contribution in [3.05, 3.63) is 87.0 Å². The number of ether oxygens (including phenoxy) is 1. The van der Waals surface area contributed by atoms with Gasteiger partial charge in [0, 0.05) is 43.0 Å². The average Bonchev–Trinajstić information content (AvgIpc) is 3.11. The largest absolute Gasteiger partial charge is 0.497 e. The first-order valence-electron chi connectivity index (χ1n) is 8.11. The third-order valence-electron chi connectivity index (χ3n) is 3.88. The highest BCUT2D eigenvalue weighted by Gasteiger charge is 2.14. The highest BCUT2D eigenvalue weighted by atomic mass is 35.5. The molecule has 8 heteroatoms. The van der Waals surface area contributed by atoms with Gasteiger partial charge in [0.15, 0.2) is 0 Å². The number of rotatable bonds is 8. The number of nitrogens with zero attached hydrogens (tertiary/aromatic N) is 3. The molecule has 0 amide bonds. The van der Waals surface area contributed by atoms with Crippen molar-refractivity contribution in [2.45, 2.75) is 19.6 Å². The fraction of sp³-hybridized carbons (Fsp3) is 0.211. The van der Waals surface area contributed by atoms with Crippen molar-refractivity contribution in [1.82, 2.24) is 9.88 Å². The number of halogens is 1. The van der Waals surface area contributed by atoms with Gasteiger partial charge in [-0.2, -0.15) is 0 Å². The maximum atomic E-state index is 10.9. The number of aromatic nitrogens is 1. The number of methoxy groups -OCH3 is 1. The molecule has 0 aliphatic heterocycles. The second kappa shape index (κ2) is 10.0. The lowest BCUT2D eigenvalue weighted by Crippen LogP contribution is -2.22. The topological polar surface area (TPSA) is 68.5 Å². The number of benzene rings is 1. The maximum absolute atomic E-state index is 10.9. The molecule has 0 fully saturated rings. The quantitative estimate of drug-likeness (QED) is 0.402. The Morgan fingerprint density at radius 3 is 2.56 bits per heavy atom. The molecule has 0 saturated heterocycles. The number of thiophene rings is 1. The maximum Gasteiger partial charge on any atom is 0.324 e. The molecule has 3 rings (SSSR count). The summed E-state index contributed by atoms with van der Waals surface area (Å²) in [5.41, 5.74) is 2.22. The molecule has 0 atom stereocenters. The van der Waals surface area contributed by atoms with Crippen LogP contribution in [0.2, 0.25) is 0 Å². The fourth-order valence-electron chi connectivity index (χ4n) is 2.72. The second-order valence-electron chi connectivity index (χ2n) is 5.86. The van der Waals surface area contributed by atoms with Crippen molar-refractivity contribution < 1.29 is 9.66 Å². The summed E-state index contributed by atoms with van der Waals surface area (Å²) in [5.74, 6) is 0.815. The van der Waals surface area contributed by atoms with Gasteiger partial charge in [-0.1, -0.05) is 29.5 Å². The van der Waals surface area contributed by atoms with Gasteiger partial charge in [-0.05, 0) is 35.4 Å². The number of nitro groups is 1. The lowest BCUT2D eigenvalue weighted by atomic mass is 10.2. The minimum absolute atomic E-state index is 0. The monoisotopic (exact) mass is 405 g/mol. The van der Waals surface area contributed by atoms with Gasteiger partial charge in [0.1, 0.15) is 5.75 Å². The van der Waals surface area contributed by atoms with Crippen LogP contribution in [0.15, 0.2) is 60.9 Å². The molecule has 0 unspecified atom stereocenters. The molecule has 2 heterocycles. The van der Waals surface area contributed by atoms with E-state index < -0.39 is 0 Å². The molecule has 0 aliphatic rings. The third kappa shape index (κ3) is 6.02. The lowest BCUT2D eigenvalue weighted by molar-refractivity contribution is -0.380. The average molecular weight is 406 g/mol. The van der Waals surface area contributed by atoms with Crippen molar-refractivity contribution in [2.24, 2.45) is 0 Å². The SMILES string of the molecule is COc1cccc(CN(Cc2cccnc2)Cc2ccc([N+](=O)[O-])s2)c1.Cl. The van der Waals surface area contributed by atoms with Crippen LogP contribution in [0.25, 0.3) is 0 Å². The van der Waals surface area contributed by atoms with E-state index in [9.17, 15) is 10.1 Å². The Bertz CT molecular complexity index is 873. The highest BCUT2D eigenvalue weighted by molar-refractivity contribution is 7.15. The molecule has 1 aromatic carbocycles. The minimum Gasteiger partial charge on any atom is -0.497 e. The fourth-order valence-corrected chi connectivity index (χ4v) is 3.58. The normalized spacial score (nSPS) is 10.4. The van der Waals surface area contributed by atoms with Gasteiger partial charge >= 0.3 is 5.00 Å². The number of pyridine rings is 1. The molecule has 0 spiro atoms. The van der Waals surface area contributed by atoms with Crippen molar-refractivity contribution in [2.75, 3.05) is 7.11 Å². The molecule has 142 valence electrons. The predicted octanol–water partition coefficient (Wildman–Crippen LogP) is 4.68. The molecule has 2 aromatic heterocycles. The van der Waals surface area contributed by atoms with Crippen molar-refractivity contribution in [3.8, 4) is 5.75 Å². The summed E-state index contributed by atoms with van der Waals surface area (Å²) in [7, 11) is 1.65. The molecular formula is C19H20ClN3O3S. The van der Waals surface area contributed by atoms with Gasteiger partial charge in [0.2, 0.25) is 0 Å². The van der Waals surface area contributed by atoms with E-state index in [4.69, 9.17) is 4.74 Å². The molecule has 0 aliphatic carbocycles. The Hall–Kier alpha value is -2.48. The molecule has 0 bridgehead atoms. The summed E-state index contributed by atoms with van der Waals surface area (Å²) < 4.78 is 5.30. The van der Waals surface area contributed by atoms with Crippen molar-refractivity contribution in [3.63, 3.8) is 0 Å². The Balaban J connectivity index is 0.00000261. The first-order chi connectivity index (χ1) is 12.6. The van der Waals surface area contributed by atoms with Crippen LogP contribution in [0.4, 0.5) is 5.00 Å². The Labute approximate surface area is 168 Å². The van der Waals surface area contributed by atoms with E-state index in [1.54, 1.807) is 19.4 Å². The second-order valence-corrected chi connectivity index (χ2v) is 7.00. The molecule has 27 heavy (non-hydrogen) atoms. The molecule has 0 N–H and O–H groups in total. The summed E-state index contributed by atoms with van der Waals surface area (Å²) in [6.07, 6.45) is 3.59. The first-order valence-corrected chi connectivity index (χ1v) is 8.93. The van der Waals surface area contributed by atoms with Crippen LogP contribution in [0.1, 0.15) is 16.0 Å².